The summed E-state index contributed by atoms with van der Waals surface area (Å²) in [6.45, 7) is 18.4. The molecule has 3 aliphatic rings. The average molecular weight is 644 g/mol. The van der Waals surface area contributed by atoms with Crippen molar-refractivity contribution in [3.63, 3.8) is 0 Å². The number of urea groups is 1. The number of primary amides is 1. The Bertz CT molecular complexity index is 785. The number of hydrogen-bond acceptors (Lipinski definition) is 7. The molecule has 11 heteroatoms. The number of likely N-dealkylation sites (tertiary alicyclic amines) is 1. The van der Waals surface area contributed by atoms with E-state index in [1.807, 2.05) is 41.7 Å². The van der Waals surface area contributed by atoms with Gasteiger partial charge in [0, 0.05) is 13.2 Å². The second-order valence-electron chi connectivity index (χ2n) is 11.9. The molecule has 2 aliphatic carbocycles. The smallest absolute Gasteiger partial charge is 0.315 e. The third-order valence-electron chi connectivity index (χ3n) is 7.98. The zero-order chi connectivity index (χ0) is 35.4. The molecule has 1 aliphatic heterocycles. The second kappa shape index (κ2) is 28.9. The molecule has 45 heavy (non-hydrogen) atoms. The highest BCUT2D eigenvalue weighted by Gasteiger charge is 2.31. The number of nitrogens with one attached hydrogen (secondary N) is 3. The molecule has 3 atom stereocenters. The quantitative estimate of drug-likeness (QED) is 0.152. The van der Waals surface area contributed by atoms with Crippen molar-refractivity contribution in [2.45, 2.75) is 143 Å². The first-order valence-corrected chi connectivity index (χ1v) is 16.9. The fourth-order valence-corrected chi connectivity index (χ4v) is 5.25. The number of carbonyl (C=O) groups is 4. The number of nitrogens with two attached hydrogens (primary N) is 1. The second-order valence-corrected chi connectivity index (χ2v) is 11.9. The summed E-state index contributed by atoms with van der Waals surface area (Å²) in [5, 5.41) is 24.6. The number of rotatable bonds is 10. The summed E-state index contributed by atoms with van der Waals surface area (Å²) < 4.78 is 0. The Morgan fingerprint density at radius 1 is 0.956 bits per heavy atom. The highest BCUT2D eigenvalue weighted by molar-refractivity contribution is 5.82. The molecule has 7 N–H and O–H groups in total. The number of aliphatic hydroxyl groups excluding tert-OH is 2. The first-order valence-electron chi connectivity index (χ1n) is 16.9. The van der Waals surface area contributed by atoms with Crippen LogP contribution in [0.5, 0.6) is 0 Å². The minimum atomic E-state index is -0.677. The first kappa shape index (κ1) is 46.9. The van der Waals surface area contributed by atoms with Crippen molar-refractivity contribution in [2.75, 3.05) is 27.3 Å². The molecule has 0 aromatic rings. The Balaban J connectivity index is -0.000000625. The van der Waals surface area contributed by atoms with Gasteiger partial charge in [-0.1, -0.05) is 78.4 Å². The van der Waals surface area contributed by atoms with Gasteiger partial charge in [-0.3, -0.25) is 14.5 Å². The molecule has 2 saturated carbocycles. The average Bonchev–Trinajstić information content (AvgIpc) is 3.46. The number of aldehydes is 1. The van der Waals surface area contributed by atoms with Gasteiger partial charge in [0.15, 0.2) is 0 Å². The number of amides is 4. The molecule has 0 bridgehead atoms. The molecule has 0 aromatic heterocycles. The molecule has 0 aromatic carbocycles. The third kappa shape index (κ3) is 21.0. The van der Waals surface area contributed by atoms with Gasteiger partial charge in [-0.2, -0.15) is 0 Å². The van der Waals surface area contributed by atoms with Gasteiger partial charge in [0.05, 0.1) is 24.2 Å². The van der Waals surface area contributed by atoms with Crippen LogP contribution in [0.15, 0.2) is 12.2 Å². The number of nitrogens with zero attached hydrogens (tertiary/aromatic N) is 1. The molecular formula is C34H69N5O6. The Morgan fingerprint density at radius 2 is 1.49 bits per heavy atom. The molecule has 0 radical (unpaired) electrons. The van der Waals surface area contributed by atoms with E-state index in [1.54, 1.807) is 13.8 Å². The SMILES string of the molecule is C=C(C)C(CC1CCC1)NC(=O)C1CCCN1C.CC.CC.CC(C)(CO)NC(=O)NC(C=O)C1CCCCC1.CO.NC=O. The standard InChI is InChI=1S/C15H26N2O.C13H24N2O3.2C2H6.CH3NO.CH4O/c1-11(2)13(10-12-6-4-7-12)16-15(18)14-8-5-9-17(14)3;1-13(2,9-17)15-12(18)14-11(8-16)10-6-4-3-5-7-10;2*1-2;2-1-3;1-2/h12-14H,1,4-10H2,2-3H3,(H,16,18);8,10-11,17H,3-7,9H2,1-2H3,(H2,14,15,18);2*1-2H3;1H,(H2,2,3);2H,1H3. The van der Waals surface area contributed by atoms with Gasteiger partial charge in [0.1, 0.15) is 6.29 Å². The molecule has 4 amide bonds. The number of hydrogen-bond donors (Lipinski definition) is 6. The maximum atomic E-state index is 12.3. The van der Waals surface area contributed by atoms with Gasteiger partial charge in [-0.05, 0) is 78.3 Å². The molecule has 1 saturated heterocycles. The summed E-state index contributed by atoms with van der Waals surface area (Å²) in [4.78, 5) is 45.8. The summed E-state index contributed by atoms with van der Waals surface area (Å²) in [5.74, 6) is 1.25. The highest BCUT2D eigenvalue weighted by atomic mass is 16.3. The normalized spacial score (nSPS) is 19.0. The van der Waals surface area contributed by atoms with Crippen LogP contribution in [-0.4, -0.2) is 90.7 Å². The van der Waals surface area contributed by atoms with Crippen molar-refractivity contribution in [3.05, 3.63) is 12.2 Å². The van der Waals surface area contributed by atoms with Crippen molar-refractivity contribution in [2.24, 2.45) is 17.6 Å². The molecule has 0 spiro atoms. The van der Waals surface area contributed by atoms with E-state index < -0.39 is 17.6 Å². The molecule has 1 heterocycles. The van der Waals surface area contributed by atoms with E-state index in [9.17, 15) is 14.4 Å². The molecule has 3 unspecified atom stereocenters. The lowest BCUT2D eigenvalue weighted by molar-refractivity contribution is -0.125. The fraction of sp³-hybridized carbons (Fsp3) is 0.824. The van der Waals surface area contributed by atoms with Crippen LogP contribution >= 0.6 is 0 Å². The minimum Gasteiger partial charge on any atom is -0.400 e. The maximum Gasteiger partial charge on any atom is 0.315 e. The lowest BCUT2D eigenvalue weighted by Crippen LogP contribution is -2.54. The van der Waals surface area contributed by atoms with E-state index in [4.69, 9.17) is 15.0 Å². The van der Waals surface area contributed by atoms with Gasteiger partial charge in [0.2, 0.25) is 12.3 Å². The van der Waals surface area contributed by atoms with Gasteiger partial charge in [-0.15, -0.1) is 0 Å². The molecular weight excluding hydrogens is 574 g/mol. The Hall–Kier alpha value is -2.50. The van der Waals surface area contributed by atoms with Crippen LogP contribution in [0.3, 0.4) is 0 Å². The summed E-state index contributed by atoms with van der Waals surface area (Å²) in [6.07, 6.45) is 13.7. The largest absolute Gasteiger partial charge is 0.400 e. The van der Waals surface area contributed by atoms with E-state index in [2.05, 4.69) is 33.2 Å². The minimum absolute atomic E-state index is 0.0771. The number of likely N-dealkylation sites (N-methyl/N-ethyl adjacent to an activating group) is 1. The van der Waals surface area contributed by atoms with Crippen LogP contribution in [0.1, 0.15) is 119 Å². The van der Waals surface area contributed by atoms with Gasteiger partial charge < -0.3 is 36.7 Å². The zero-order valence-corrected chi connectivity index (χ0v) is 30.0. The number of aliphatic hydroxyl groups is 2. The zero-order valence-electron chi connectivity index (χ0n) is 30.0. The molecule has 266 valence electrons. The van der Waals surface area contributed by atoms with Crippen LogP contribution in [0.4, 0.5) is 4.79 Å². The van der Waals surface area contributed by atoms with E-state index >= 15 is 0 Å². The predicted molar refractivity (Wildman–Crippen MR) is 185 cm³/mol. The van der Waals surface area contributed by atoms with Gasteiger partial charge in [-0.25, -0.2) is 4.79 Å². The lowest BCUT2D eigenvalue weighted by atomic mass is 9.80. The topological polar surface area (TPSA) is 174 Å². The van der Waals surface area contributed by atoms with Crippen molar-refractivity contribution in [1.29, 1.82) is 0 Å². The summed E-state index contributed by atoms with van der Waals surface area (Å²) in [7, 11) is 3.04. The Morgan fingerprint density at radius 3 is 1.87 bits per heavy atom. The van der Waals surface area contributed by atoms with E-state index in [0.29, 0.717) is 0 Å². The van der Waals surface area contributed by atoms with Crippen molar-refractivity contribution in [1.82, 2.24) is 20.9 Å². The summed E-state index contributed by atoms with van der Waals surface area (Å²) >= 11 is 0. The molecule has 11 nitrogen and oxygen atoms in total. The van der Waals surface area contributed by atoms with Crippen LogP contribution in [0.2, 0.25) is 0 Å². The van der Waals surface area contributed by atoms with Crippen molar-refractivity contribution < 1.29 is 29.4 Å². The van der Waals surface area contributed by atoms with Gasteiger partial charge >= 0.3 is 6.03 Å². The van der Waals surface area contributed by atoms with Crippen LogP contribution in [0.25, 0.3) is 0 Å². The monoisotopic (exact) mass is 644 g/mol. The summed E-state index contributed by atoms with van der Waals surface area (Å²) in [6, 6.07) is -0.554. The van der Waals surface area contributed by atoms with E-state index in [0.717, 1.165) is 76.4 Å². The van der Waals surface area contributed by atoms with E-state index in [-0.39, 0.29) is 36.9 Å². The van der Waals surface area contributed by atoms with Gasteiger partial charge in [0.25, 0.3) is 0 Å². The Kier molecular flexibility index (Phi) is 30.2. The van der Waals surface area contributed by atoms with Crippen LogP contribution in [-0.2, 0) is 14.4 Å². The van der Waals surface area contributed by atoms with E-state index in [1.165, 1.54) is 25.7 Å². The summed E-state index contributed by atoms with van der Waals surface area (Å²) in [5.41, 5.74) is 4.58. The van der Waals surface area contributed by atoms with Crippen LogP contribution in [0, 0.1) is 11.8 Å². The molecule has 3 rings (SSSR count). The third-order valence-corrected chi connectivity index (χ3v) is 7.98. The number of carbonyl (C=O) groups excluding carboxylic acids is 4. The van der Waals surface area contributed by atoms with Crippen molar-refractivity contribution >= 4 is 24.6 Å². The Labute approximate surface area is 274 Å². The fourth-order valence-electron chi connectivity index (χ4n) is 5.25. The van der Waals surface area contributed by atoms with Crippen LogP contribution < -0.4 is 21.7 Å². The maximum absolute atomic E-state index is 12.3. The van der Waals surface area contributed by atoms with Crippen molar-refractivity contribution in [3.8, 4) is 0 Å². The molecule has 3 fully saturated rings. The predicted octanol–water partition coefficient (Wildman–Crippen LogP) is 4.30. The highest BCUT2D eigenvalue weighted by Crippen LogP contribution is 2.32. The lowest BCUT2D eigenvalue weighted by Gasteiger charge is -2.31. The first-order chi connectivity index (χ1) is 21.5.